The molecule has 0 heterocycles. The van der Waals surface area contributed by atoms with Gasteiger partial charge in [0.15, 0.2) is 0 Å². The largest absolute Gasteiger partial charge is 0.0991 e. The smallest absolute Gasteiger partial charge is 0.00933 e. The van der Waals surface area contributed by atoms with Crippen LogP contribution in [0.3, 0.4) is 0 Å². The molecule has 1 aliphatic carbocycles. The summed E-state index contributed by atoms with van der Waals surface area (Å²) in [6, 6.07) is 47.9. The molecule has 0 aromatic heterocycles. The summed E-state index contributed by atoms with van der Waals surface area (Å²) < 4.78 is 0. The van der Waals surface area contributed by atoms with E-state index in [2.05, 4.69) is 153 Å². The van der Waals surface area contributed by atoms with Gasteiger partial charge in [-0.15, -0.1) is 0 Å². The Morgan fingerprint density at radius 2 is 1.21 bits per heavy atom. The molecule has 0 amide bonds. The zero-order chi connectivity index (χ0) is 28.7. The van der Waals surface area contributed by atoms with Gasteiger partial charge in [0.25, 0.3) is 0 Å². The second-order valence-corrected chi connectivity index (χ2v) is 10.6. The van der Waals surface area contributed by atoms with Crippen LogP contribution in [0.15, 0.2) is 165 Å². The van der Waals surface area contributed by atoms with Crippen LogP contribution in [0.25, 0.3) is 50.2 Å². The van der Waals surface area contributed by atoms with Crippen molar-refractivity contribution in [2.45, 2.75) is 12.8 Å². The summed E-state index contributed by atoms with van der Waals surface area (Å²) in [5.74, 6) is 0. The third kappa shape index (κ3) is 5.80. The SMILES string of the molecule is C=CC=CC(=C)c1cccc(-c2ccccc2)ccc(C2=Cc3ccccc3CC2)c2ccc(-c3ccccc3)cc12. The first-order valence-corrected chi connectivity index (χ1v) is 14.5. The van der Waals surface area contributed by atoms with E-state index in [-0.39, 0.29) is 0 Å². The predicted octanol–water partition coefficient (Wildman–Crippen LogP) is 11.5. The lowest BCUT2D eigenvalue weighted by Gasteiger charge is -2.18. The van der Waals surface area contributed by atoms with Gasteiger partial charge in [0.05, 0.1) is 0 Å². The molecule has 0 nitrogen and oxygen atoms in total. The van der Waals surface area contributed by atoms with Gasteiger partial charge in [-0.1, -0.05) is 165 Å². The van der Waals surface area contributed by atoms with E-state index < -0.39 is 0 Å². The molecule has 0 saturated carbocycles. The minimum absolute atomic E-state index is 0.944. The molecular formula is C42H34. The van der Waals surface area contributed by atoms with Gasteiger partial charge >= 0.3 is 0 Å². The summed E-state index contributed by atoms with van der Waals surface area (Å²) in [4.78, 5) is 0. The van der Waals surface area contributed by atoms with Gasteiger partial charge in [0.1, 0.15) is 0 Å². The molecule has 0 fully saturated rings. The van der Waals surface area contributed by atoms with Crippen molar-refractivity contribution in [2.75, 3.05) is 0 Å². The highest BCUT2D eigenvalue weighted by Crippen LogP contribution is 2.37. The van der Waals surface area contributed by atoms with Crippen LogP contribution >= 0.6 is 0 Å². The third-order valence-corrected chi connectivity index (χ3v) is 7.96. The Hall–Kier alpha value is -5.20. The maximum atomic E-state index is 4.50. The average molecular weight is 539 g/mol. The molecule has 0 atom stereocenters. The molecule has 0 N–H and O–H groups in total. The van der Waals surface area contributed by atoms with E-state index in [4.69, 9.17) is 0 Å². The summed E-state index contributed by atoms with van der Waals surface area (Å²) in [5.41, 5.74) is 12.1. The summed E-state index contributed by atoms with van der Waals surface area (Å²) in [7, 11) is 0. The van der Waals surface area contributed by atoms with Gasteiger partial charge in [-0.3, -0.25) is 0 Å². The third-order valence-electron chi connectivity index (χ3n) is 7.96. The molecule has 0 spiro atoms. The summed E-state index contributed by atoms with van der Waals surface area (Å²) >= 11 is 0. The number of allylic oxidation sites excluding steroid dienone is 5. The van der Waals surface area contributed by atoms with Crippen molar-refractivity contribution in [2.24, 2.45) is 0 Å². The van der Waals surface area contributed by atoms with Crippen molar-refractivity contribution in [3.63, 3.8) is 0 Å². The van der Waals surface area contributed by atoms with Gasteiger partial charge < -0.3 is 0 Å². The number of aryl methyl sites for hydroxylation is 1. The highest BCUT2D eigenvalue weighted by molar-refractivity contribution is 6.04. The van der Waals surface area contributed by atoms with Crippen LogP contribution in [-0.4, -0.2) is 0 Å². The van der Waals surface area contributed by atoms with E-state index in [0.29, 0.717) is 0 Å². The Morgan fingerprint density at radius 1 is 0.571 bits per heavy atom. The number of benzene rings is 4. The molecule has 6 rings (SSSR count). The van der Waals surface area contributed by atoms with E-state index in [0.717, 1.165) is 29.5 Å². The first-order chi connectivity index (χ1) is 20.7. The molecule has 202 valence electrons. The topological polar surface area (TPSA) is 0 Å². The van der Waals surface area contributed by atoms with Crippen molar-refractivity contribution in [1.29, 1.82) is 0 Å². The van der Waals surface area contributed by atoms with Crippen LogP contribution in [0.5, 0.6) is 0 Å². The van der Waals surface area contributed by atoms with E-state index in [1.54, 1.807) is 6.08 Å². The molecule has 0 heteroatoms. The Bertz CT molecular complexity index is 1880. The molecular weight excluding hydrogens is 504 g/mol. The monoisotopic (exact) mass is 538 g/mol. The van der Waals surface area contributed by atoms with Gasteiger partial charge in [-0.25, -0.2) is 0 Å². The van der Waals surface area contributed by atoms with Crippen molar-refractivity contribution in [3.05, 3.63) is 187 Å². The fraction of sp³-hybridized carbons (Fsp3) is 0.0476. The lowest BCUT2D eigenvalue weighted by atomic mass is 9.86. The molecule has 1 aliphatic rings. The van der Waals surface area contributed by atoms with Gasteiger partial charge in [-0.2, -0.15) is 0 Å². The van der Waals surface area contributed by atoms with Gasteiger partial charge in [0, 0.05) is 0 Å². The fourth-order valence-corrected chi connectivity index (χ4v) is 5.77. The molecule has 42 heavy (non-hydrogen) atoms. The number of fused-ring (bicyclic) bond motifs is 2. The zero-order valence-corrected chi connectivity index (χ0v) is 23.8. The van der Waals surface area contributed by atoms with E-state index in [9.17, 15) is 0 Å². The van der Waals surface area contributed by atoms with Crippen LogP contribution < -0.4 is 0 Å². The molecule has 0 radical (unpaired) electrons. The average Bonchev–Trinajstić information content (AvgIpc) is 3.05. The first-order valence-electron chi connectivity index (χ1n) is 14.5. The van der Waals surface area contributed by atoms with Crippen molar-refractivity contribution in [1.82, 2.24) is 0 Å². The Balaban J connectivity index is 1.71. The summed E-state index contributed by atoms with van der Waals surface area (Å²) in [6.07, 6.45) is 10.2. The summed E-state index contributed by atoms with van der Waals surface area (Å²) in [5, 5.41) is 2.38. The lowest BCUT2D eigenvalue weighted by molar-refractivity contribution is 1.00. The van der Waals surface area contributed by atoms with Crippen LogP contribution in [0.2, 0.25) is 0 Å². The number of hydrogen-bond acceptors (Lipinski definition) is 0. The molecule has 0 aliphatic heterocycles. The van der Waals surface area contributed by atoms with Crippen LogP contribution in [0, 0.1) is 0 Å². The van der Waals surface area contributed by atoms with E-state index in [1.807, 2.05) is 12.2 Å². The predicted molar refractivity (Wildman–Crippen MR) is 183 cm³/mol. The van der Waals surface area contributed by atoms with Crippen LogP contribution in [0.1, 0.15) is 28.7 Å². The van der Waals surface area contributed by atoms with Crippen molar-refractivity contribution < 1.29 is 0 Å². The van der Waals surface area contributed by atoms with Crippen LogP contribution in [-0.2, 0) is 6.42 Å². The first kappa shape index (κ1) is 27.0. The molecule has 5 aromatic carbocycles. The normalized spacial score (nSPS) is 12.3. The Kier molecular flexibility index (Phi) is 8.06. The second-order valence-electron chi connectivity index (χ2n) is 10.6. The van der Waals surface area contributed by atoms with E-state index >= 15 is 0 Å². The maximum Gasteiger partial charge on any atom is -0.00933 e. The highest BCUT2D eigenvalue weighted by Gasteiger charge is 2.15. The number of rotatable bonds is 6. The molecule has 0 saturated heterocycles. The standard InChI is InChI=1S/C42H34/c1-3-4-14-31(2)39-22-13-21-34(32-15-7-5-8-16-32)25-27-40(38-24-23-35-19-11-12-20-36(35)29-38)41-28-26-37(30-42(39)41)33-17-9-6-10-18-33/h3-22,25-30H,1-2,23-24H2. The Labute approximate surface area is 249 Å². The lowest BCUT2D eigenvalue weighted by Crippen LogP contribution is -1.99. The highest BCUT2D eigenvalue weighted by atomic mass is 14.2. The van der Waals surface area contributed by atoms with Crippen LogP contribution in [0.4, 0.5) is 0 Å². The van der Waals surface area contributed by atoms with Crippen molar-refractivity contribution in [3.8, 4) is 22.3 Å². The second kappa shape index (κ2) is 12.5. The molecule has 5 aromatic rings. The van der Waals surface area contributed by atoms with Crippen molar-refractivity contribution >= 4 is 28.0 Å². The maximum absolute atomic E-state index is 4.50. The number of hydrogen-bond donors (Lipinski definition) is 0. The Morgan fingerprint density at radius 3 is 1.98 bits per heavy atom. The van der Waals surface area contributed by atoms with Gasteiger partial charge in [-0.05, 0) is 85.3 Å². The van der Waals surface area contributed by atoms with Gasteiger partial charge in [0.2, 0.25) is 0 Å². The van der Waals surface area contributed by atoms with E-state index in [1.165, 1.54) is 49.7 Å². The quantitative estimate of drug-likeness (QED) is 0.189. The summed E-state index contributed by atoms with van der Waals surface area (Å²) in [6.45, 7) is 8.39. The molecule has 0 unspecified atom stereocenters. The minimum atomic E-state index is 0.944. The minimum Gasteiger partial charge on any atom is -0.0991 e. The molecule has 0 bridgehead atoms. The zero-order valence-electron chi connectivity index (χ0n) is 23.8. The fourth-order valence-electron chi connectivity index (χ4n) is 5.77.